The molecule has 0 aliphatic carbocycles. The number of carbonyl (C=O) groups excluding carboxylic acids is 2. The van der Waals surface area contributed by atoms with Crippen molar-refractivity contribution >= 4 is 17.4 Å². The van der Waals surface area contributed by atoms with E-state index in [1.807, 2.05) is 6.92 Å². The van der Waals surface area contributed by atoms with Crippen LogP contribution in [0.1, 0.15) is 34.6 Å². The van der Waals surface area contributed by atoms with Crippen molar-refractivity contribution < 1.29 is 9.59 Å². The first-order chi connectivity index (χ1) is 9.10. The van der Waals surface area contributed by atoms with E-state index in [1.165, 1.54) is 13.1 Å². The number of rotatable bonds is 4. The molecule has 2 aromatic rings. The lowest BCUT2D eigenvalue weighted by Crippen LogP contribution is -2.11. The molecule has 0 spiro atoms. The first kappa shape index (κ1) is 13.0. The Kier molecular flexibility index (Phi) is 3.75. The smallest absolute Gasteiger partial charge is 0.258 e. The second kappa shape index (κ2) is 5.48. The molecule has 2 rings (SSSR count). The highest BCUT2D eigenvalue weighted by Gasteiger charge is 2.08. The van der Waals surface area contributed by atoms with Crippen LogP contribution in [-0.2, 0) is 6.54 Å². The fourth-order valence-electron chi connectivity index (χ4n) is 1.65. The second-order valence-electron chi connectivity index (χ2n) is 4.17. The highest BCUT2D eigenvalue weighted by Crippen LogP contribution is 2.11. The van der Waals surface area contributed by atoms with Crippen molar-refractivity contribution in [3.8, 4) is 0 Å². The monoisotopic (exact) mass is 257 g/mol. The number of nitrogens with zero attached hydrogens (tertiary/aromatic N) is 2. The third-order valence-corrected chi connectivity index (χ3v) is 2.77. The summed E-state index contributed by atoms with van der Waals surface area (Å²) in [6.07, 6.45) is 3.22. The summed E-state index contributed by atoms with van der Waals surface area (Å²) >= 11 is 0. The van der Waals surface area contributed by atoms with E-state index in [4.69, 9.17) is 0 Å². The third-order valence-electron chi connectivity index (χ3n) is 2.77. The van der Waals surface area contributed by atoms with Crippen LogP contribution in [0.25, 0.3) is 0 Å². The minimum absolute atomic E-state index is 0.00194. The minimum atomic E-state index is -0.213. The summed E-state index contributed by atoms with van der Waals surface area (Å²) in [7, 11) is 0. The molecule has 1 aromatic heterocycles. The molecule has 0 atom stereocenters. The number of benzene rings is 1. The maximum absolute atomic E-state index is 11.9. The van der Waals surface area contributed by atoms with Gasteiger partial charge in [0.05, 0.1) is 11.8 Å². The summed E-state index contributed by atoms with van der Waals surface area (Å²) in [5.41, 5.74) is 1.79. The maximum Gasteiger partial charge on any atom is 0.258 e. The van der Waals surface area contributed by atoms with Crippen molar-refractivity contribution in [3.05, 3.63) is 47.8 Å². The van der Waals surface area contributed by atoms with Crippen LogP contribution in [0.3, 0.4) is 0 Å². The first-order valence-electron chi connectivity index (χ1n) is 6.05. The fraction of sp³-hybridized carbons (Fsp3) is 0.214. The molecule has 0 bridgehead atoms. The van der Waals surface area contributed by atoms with Crippen LogP contribution < -0.4 is 5.32 Å². The zero-order chi connectivity index (χ0) is 13.8. The van der Waals surface area contributed by atoms with Crippen molar-refractivity contribution in [3.63, 3.8) is 0 Å². The molecular weight excluding hydrogens is 242 g/mol. The van der Waals surface area contributed by atoms with Gasteiger partial charge in [-0.1, -0.05) is 0 Å². The number of aromatic nitrogens is 2. The fourth-order valence-corrected chi connectivity index (χ4v) is 1.65. The summed E-state index contributed by atoms with van der Waals surface area (Å²) in [6, 6.07) is 6.79. The number of carbonyl (C=O) groups is 2. The Bertz CT molecular complexity index is 599. The van der Waals surface area contributed by atoms with Gasteiger partial charge in [-0.2, -0.15) is 5.10 Å². The maximum atomic E-state index is 11.9. The number of hydrogen-bond donors (Lipinski definition) is 1. The second-order valence-corrected chi connectivity index (χ2v) is 4.17. The Labute approximate surface area is 111 Å². The van der Waals surface area contributed by atoms with Crippen LogP contribution in [0, 0.1) is 0 Å². The van der Waals surface area contributed by atoms with E-state index in [-0.39, 0.29) is 11.7 Å². The molecule has 5 heteroatoms. The molecule has 0 radical (unpaired) electrons. The number of amides is 1. The number of nitrogens with one attached hydrogen (secondary N) is 1. The summed E-state index contributed by atoms with van der Waals surface area (Å²) in [5.74, 6) is -0.211. The molecule has 0 aliphatic rings. The highest BCUT2D eigenvalue weighted by atomic mass is 16.1. The van der Waals surface area contributed by atoms with Gasteiger partial charge in [-0.05, 0) is 38.1 Å². The van der Waals surface area contributed by atoms with Crippen molar-refractivity contribution in [1.29, 1.82) is 0 Å². The number of anilines is 1. The molecule has 5 nitrogen and oxygen atoms in total. The third kappa shape index (κ3) is 3.07. The molecule has 0 unspecified atom stereocenters. The van der Waals surface area contributed by atoms with Crippen molar-refractivity contribution in [2.45, 2.75) is 20.4 Å². The van der Waals surface area contributed by atoms with Gasteiger partial charge in [0.15, 0.2) is 5.78 Å². The molecule has 98 valence electrons. The van der Waals surface area contributed by atoms with Crippen molar-refractivity contribution in [2.24, 2.45) is 0 Å². The molecule has 1 heterocycles. The zero-order valence-corrected chi connectivity index (χ0v) is 10.9. The lowest BCUT2D eigenvalue weighted by Gasteiger charge is -2.04. The van der Waals surface area contributed by atoms with E-state index in [1.54, 1.807) is 35.1 Å². The summed E-state index contributed by atoms with van der Waals surface area (Å²) < 4.78 is 1.69. The Balaban J connectivity index is 2.08. The van der Waals surface area contributed by atoms with Crippen molar-refractivity contribution in [1.82, 2.24) is 9.78 Å². The van der Waals surface area contributed by atoms with E-state index in [2.05, 4.69) is 10.4 Å². The molecule has 1 N–H and O–H groups in total. The largest absolute Gasteiger partial charge is 0.322 e. The number of aryl methyl sites for hydroxylation is 1. The van der Waals surface area contributed by atoms with Gasteiger partial charge in [0.1, 0.15) is 0 Å². The van der Waals surface area contributed by atoms with Gasteiger partial charge < -0.3 is 5.32 Å². The molecule has 1 amide bonds. The van der Waals surface area contributed by atoms with Crippen LogP contribution in [0.15, 0.2) is 36.7 Å². The van der Waals surface area contributed by atoms with Crippen LogP contribution in [0.5, 0.6) is 0 Å². The molecule has 0 fully saturated rings. The Morgan fingerprint density at radius 2 is 1.89 bits per heavy atom. The predicted molar refractivity (Wildman–Crippen MR) is 72.3 cm³/mol. The molecule has 0 aliphatic heterocycles. The standard InChI is InChI=1S/C14H15N3O2/c1-3-17-9-12(8-15-17)14(19)16-13-6-4-11(5-7-13)10(2)18/h4-9H,3H2,1-2H3,(H,16,19). The Morgan fingerprint density at radius 1 is 1.21 bits per heavy atom. The molecule has 0 saturated heterocycles. The molecular formula is C14H15N3O2. The van der Waals surface area contributed by atoms with Crippen LogP contribution in [0.2, 0.25) is 0 Å². The van der Waals surface area contributed by atoms with E-state index in [9.17, 15) is 9.59 Å². The van der Waals surface area contributed by atoms with Crippen LogP contribution in [-0.4, -0.2) is 21.5 Å². The van der Waals surface area contributed by atoms with Crippen LogP contribution >= 0.6 is 0 Å². The lowest BCUT2D eigenvalue weighted by atomic mass is 10.1. The highest BCUT2D eigenvalue weighted by molar-refractivity contribution is 6.04. The van der Waals surface area contributed by atoms with Gasteiger partial charge in [0, 0.05) is 24.0 Å². The van der Waals surface area contributed by atoms with Gasteiger partial charge in [-0.3, -0.25) is 14.3 Å². The van der Waals surface area contributed by atoms with Gasteiger partial charge in [-0.25, -0.2) is 0 Å². The van der Waals surface area contributed by atoms with Crippen molar-refractivity contribution in [2.75, 3.05) is 5.32 Å². The van der Waals surface area contributed by atoms with Gasteiger partial charge >= 0.3 is 0 Å². The van der Waals surface area contributed by atoms with Crippen LogP contribution in [0.4, 0.5) is 5.69 Å². The predicted octanol–water partition coefficient (Wildman–Crippen LogP) is 2.36. The van der Waals surface area contributed by atoms with Gasteiger partial charge in [0.2, 0.25) is 0 Å². The quantitative estimate of drug-likeness (QED) is 0.855. The molecule has 19 heavy (non-hydrogen) atoms. The first-order valence-corrected chi connectivity index (χ1v) is 6.05. The van der Waals surface area contributed by atoms with Gasteiger partial charge in [-0.15, -0.1) is 0 Å². The molecule has 0 saturated carbocycles. The number of Topliss-reactive ketones (excluding diaryl/α,β-unsaturated/α-hetero) is 1. The van der Waals surface area contributed by atoms with E-state index < -0.39 is 0 Å². The SMILES string of the molecule is CCn1cc(C(=O)Nc2ccc(C(C)=O)cc2)cn1. The lowest BCUT2D eigenvalue weighted by molar-refractivity contribution is 0.101. The zero-order valence-electron chi connectivity index (χ0n) is 10.9. The Hall–Kier alpha value is -2.43. The average Bonchev–Trinajstić information content (AvgIpc) is 2.88. The topological polar surface area (TPSA) is 64.0 Å². The Morgan fingerprint density at radius 3 is 2.42 bits per heavy atom. The average molecular weight is 257 g/mol. The number of ketones is 1. The van der Waals surface area contributed by atoms with E-state index in [0.29, 0.717) is 16.8 Å². The minimum Gasteiger partial charge on any atom is -0.322 e. The summed E-state index contributed by atoms with van der Waals surface area (Å²) in [4.78, 5) is 23.1. The van der Waals surface area contributed by atoms with Gasteiger partial charge in [0.25, 0.3) is 5.91 Å². The van der Waals surface area contributed by atoms with E-state index >= 15 is 0 Å². The normalized spacial score (nSPS) is 10.2. The van der Waals surface area contributed by atoms with E-state index in [0.717, 1.165) is 6.54 Å². The summed E-state index contributed by atoms with van der Waals surface area (Å²) in [5, 5.41) is 6.80. The molecule has 1 aromatic carbocycles. The summed E-state index contributed by atoms with van der Waals surface area (Å²) in [6.45, 7) is 4.18. The number of hydrogen-bond acceptors (Lipinski definition) is 3.